The van der Waals surface area contributed by atoms with Gasteiger partial charge in [0.25, 0.3) is 0 Å². The van der Waals surface area contributed by atoms with Gasteiger partial charge in [-0.15, -0.1) is 0 Å². The molecule has 4 heterocycles. The lowest BCUT2D eigenvalue weighted by atomic mass is 9.95. The summed E-state index contributed by atoms with van der Waals surface area (Å²) in [5, 5.41) is 7.77. The minimum Gasteiger partial charge on any atom is -0.454 e. The fourth-order valence-corrected chi connectivity index (χ4v) is 8.74. The Labute approximate surface area is 315 Å². The van der Waals surface area contributed by atoms with E-state index in [2.05, 4.69) is 173 Å². The molecule has 12 rings (SSSR count). The molecule has 5 nitrogen and oxygen atoms in total. The Kier molecular flexibility index (Phi) is 6.27. The normalized spacial score (nSPS) is 12.0. The van der Waals surface area contributed by atoms with E-state index in [1.54, 1.807) is 0 Å². The number of benzene rings is 8. The van der Waals surface area contributed by atoms with E-state index >= 15 is 0 Å². The van der Waals surface area contributed by atoms with Crippen LogP contribution in [0, 0.1) is 0 Å². The third-order valence-corrected chi connectivity index (χ3v) is 11.1. The summed E-state index contributed by atoms with van der Waals surface area (Å²) in [6.07, 6.45) is 0. The number of furan rings is 1. The predicted molar refractivity (Wildman–Crippen MR) is 226 cm³/mol. The van der Waals surface area contributed by atoms with Gasteiger partial charge in [0.15, 0.2) is 5.58 Å². The summed E-state index contributed by atoms with van der Waals surface area (Å²) >= 11 is 0. The van der Waals surface area contributed by atoms with Gasteiger partial charge in [0.1, 0.15) is 11.1 Å². The molecule has 8 aromatic carbocycles. The largest absolute Gasteiger partial charge is 0.454 e. The SMILES string of the molecule is c1ccc(-c2nc(-n3c4ccccc4c4c(-c5ccc6c(c5)c5ccccc5n6-c5ccccc5)cc5c6ccccc6oc5c43)nc3ccccc23)cc1. The lowest BCUT2D eigenvalue weighted by Crippen LogP contribution is -2.03. The van der Waals surface area contributed by atoms with Crippen LogP contribution in [-0.2, 0) is 0 Å². The van der Waals surface area contributed by atoms with E-state index in [4.69, 9.17) is 14.4 Å². The van der Waals surface area contributed by atoms with Crippen molar-refractivity contribution < 1.29 is 4.42 Å². The van der Waals surface area contributed by atoms with Crippen LogP contribution in [-0.4, -0.2) is 19.1 Å². The second kappa shape index (κ2) is 11.5. The lowest BCUT2D eigenvalue weighted by molar-refractivity contribution is 0.671. The molecule has 4 aromatic heterocycles. The van der Waals surface area contributed by atoms with Crippen LogP contribution in [0.5, 0.6) is 0 Å². The van der Waals surface area contributed by atoms with Crippen molar-refractivity contribution >= 4 is 76.5 Å². The summed E-state index contributed by atoms with van der Waals surface area (Å²) in [5.41, 5.74) is 12.2. The summed E-state index contributed by atoms with van der Waals surface area (Å²) in [5.74, 6) is 0.601. The maximum atomic E-state index is 6.85. The molecule has 0 aliphatic heterocycles. The van der Waals surface area contributed by atoms with Gasteiger partial charge in [0.2, 0.25) is 5.95 Å². The van der Waals surface area contributed by atoms with Gasteiger partial charge in [-0.05, 0) is 65.7 Å². The summed E-state index contributed by atoms with van der Waals surface area (Å²) < 4.78 is 11.4. The monoisotopic (exact) mass is 702 g/mol. The number of hydrogen-bond acceptors (Lipinski definition) is 3. The molecule has 256 valence electrons. The molecule has 0 radical (unpaired) electrons. The smallest absolute Gasteiger partial charge is 0.235 e. The van der Waals surface area contributed by atoms with Gasteiger partial charge < -0.3 is 8.98 Å². The maximum absolute atomic E-state index is 6.85. The first-order valence-corrected chi connectivity index (χ1v) is 18.6. The Balaban J connectivity index is 1.23. The highest BCUT2D eigenvalue weighted by molar-refractivity contribution is 6.26. The summed E-state index contributed by atoms with van der Waals surface area (Å²) in [6.45, 7) is 0. The predicted octanol–water partition coefficient (Wildman–Crippen LogP) is 13.1. The summed E-state index contributed by atoms with van der Waals surface area (Å²) in [6, 6.07) is 64.1. The molecule has 0 saturated heterocycles. The van der Waals surface area contributed by atoms with Crippen LogP contribution < -0.4 is 0 Å². The standard InChI is InChI=1S/C50H30N4O/c1-3-15-31(16-4-1)47-36-21-7-11-23-41(36)51-50(52-47)54-43-25-13-9-22-37(43)46-38(30-40-35-20-10-14-26-45(35)55-49(40)48(46)54)32-27-28-44-39(29-32)34-19-8-12-24-42(34)53(44)33-17-5-2-6-18-33/h1-30H. The molecule has 0 aliphatic rings. The van der Waals surface area contributed by atoms with Gasteiger partial charge >= 0.3 is 0 Å². The van der Waals surface area contributed by atoms with E-state index in [9.17, 15) is 0 Å². The van der Waals surface area contributed by atoms with Gasteiger partial charge in [-0.1, -0.05) is 127 Å². The van der Waals surface area contributed by atoms with Crippen molar-refractivity contribution in [2.45, 2.75) is 0 Å². The van der Waals surface area contributed by atoms with Crippen molar-refractivity contribution in [3.63, 3.8) is 0 Å². The second-order valence-electron chi connectivity index (χ2n) is 14.2. The highest BCUT2D eigenvalue weighted by Crippen LogP contribution is 2.46. The van der Waals surface area contributed by atoms with E-state index < -0.39 is 0 Å². The van der Waals surface area contributed by atoms with Gasteiger partial charge in [0, 0.05) is 49.0 Å². The first-order chi connectivity index (χ1) is 27.3. The van der Waals surface area contributed by atoms with Crippen LogP contribution in [0.25, 0.3) is 110 Å². The molecule has 5 heteroatoms. The molecule has 0 N–H and O–H groups in total. The van der Waals surface area contributed by atoms with Crippen LogP contribution in [0.15, 0.2) is 186 Å². The topological polar surface area (TPSA) is 48.8 Å². The first-order valence-electron chi connectivity index (χ1n) is 18.6. The van der Waals surface area contributed by atoms with E-state index in [-0.39, 0.29) is 0 Å². The average molecular weight is 703 g/mol. The first kappa shape index (κ1) is 30.0. The van der Waals surface area contributed by atoms with Crippen molar-refractivity contribution in [1.82, 2.24) is 19.1 Å². The molecule has 0 spiro atoms. The maximum Gasteiger partial charge on any atom is 0.235 e. The molecule has 0 saturated carbocycles. The quantitative estimate of drug-likeness (QED) is 0.183. The number of aromatic nitrogens is 4. The molecular formula is C50H30N4O. The van der Waals surface area contributed by atoms with Crippen LogP contribution >= 0.6 is 0 Å². The van der Waals surface area contributed by atoms with E-state index in [1.165, 1.54) is 21.8 Å². The van der Waals surface area contributed by atoms with Crippen LogP contribution in [0.3, 0.4) is 0 Å². The van der Waals surface area contributed by atoms with Crippen molar-refractivity contribution in [1.29, 1.82) is 0 Å². The van der Waals surface area contributed by atoms with E-state index in [0.29, 0.717) is 5.95 Å². The molecule has 0 bridgehead atoms. The number of hydrogen-bond donors (Lipinski definition) is 0. The van der Waals surface area contributed by atoms with Crippen molar-refractivity contribution in [2.75, 3.05) is 0 Å². The molecule has 0 unspecified atom stereocenters. The van der Waals surface area contributed by atoms with Crippen molar-refractivity contribution in [3.8, 4) is 34.0 Å². The van der Waals surface area contributed by atoms with Crippen LogP contribution in [0.4, 0.5) is 0 Å². The summed E-state index contributed by atoms with van der Waals surface area (Å²) in [7, 11) is 0. The minimum atomic E-state index is 0.601. The average Bonchev–Trinajstić information content (AvgIpc) is 3.91. The van der Waals surface area contributed by atoms with Gasteiger partial charge in [-0.2, -0.15) is 0 Å². The Bertz CT molecular complexity index is 3480. The van der Waals surface area contributed by atoms with E-state index in [0.717, 1.165) is 82.7 Å². The number of fused-ring (bicyclic) bond motifs is 11. The molecule has 0 aliphatic carbocycles. The number of rotatable bonds is 4. The van der Waals surface area contributed by atoms with Gasteiger partial charge in [0.05, 0.1) is 27.8 Å². The minimum absolute atomic E-state index is 0.601. The summed E-state index contributed by atoms with van der Waals surface area (Å²) in [4.78, 5) is 10.7. The molecule has 12 aromatic rings. The zero-order chi connectivity index (χ0) is 36.0. The highest BCUT2D eigenvalue weighted by atomic mass is 16.3. The molecule has 0 atom stereocenters. The van der Waals surface area contributed by atoms with Crippen LogP contribution in [0.1, 0.15) is 0 Å². The lowest BCUT2D eigenvalue weighted by Gasteiger charge is -2.12. The van der Waals surface area contributed by atoms with Crippen LogP contribution in [0.2, 0.25) is 0 Å². The Morgan fingerprint density at radius 2 is 1.05 bits per heavy atom. The van der Waals surface area contributed by atoms with Crippen molar-refractivity contribution in [2.24, 2.45) is 0 Å². The fourth-order valence-electron chi connectivity index (χ4n) is 8.74. The number of nitrogens with zero attached hydrogens (tertiary/aromatic N) is 4. The van der Waals surface area contributed by atoms with Gasteiger partial charge in [-0.3, -0.25) is 4.57 Å². The Morgan fingerprint density at radius 1 is 0.418 bits per heavy atom. The zero-order valence-corrected chi connectivity index (χ0v) is 29.5. The molecule has 0 fully saturated rings. The molecular weight excluding hydrogens is 673 g/mol. The zero-order valence-electron chi connectivity index (χ0n) is 29.5. The third kappa shape index (κ3) is 4.35. The highest BCUT2D eigenvalue weighted by Gasteiger charge is 2.25. The fraction of sp³-hybridized carbons (Fsp3) is 0. The molecule has 0 amide bonds. The second-order valence-corrected chi connectivity index (χ2v) is 14.2. The van der Waals surface area contributed by atoms with E-state index in [1.807, 2.05) is 18.2 Å². The van der Waals surface area contributed by atoms with Gasteiger partial charge in [-0.25, -0.2) is 9.97 Å². The Hall–Kier alpha value is -7.50. The van der Waals surface area contributed by atoms with Crippen molar-refractivity contribution in [3.05, 3.63) is 182 Å². The molecule has 55 heavy (non-hydrogen) atoms. The third-order valence-electron chi connectivity index (χ3n) is 11.1. The Morgan fingerprint density at radius 3 is 1.87 bits per heavy atom. The number of para-hydroxylation sites is 5.